The summed E-state index contributed by atoms with van der Waals surface area (Å²) >= 11 is 0. The van der Waals surface area contributed by atoms with Crippen LogP contribution < -0.4 is 5.32 Å². The second-order valence-corrected chi connectivity index (χ2v) is 17.1. The maximum atomic E-state index is 13.0. The molecule has 0 radical (unpaired) electrons. The lowest BCUT2D eigenvalue weighted by Crippen LogP contribution is -2.60. The van der Waals surface area contributed by atoms with E-state index in [0.29, 0.717) is 6.42 Å². The largest absolute Gasteiger partial charge is 0.394 e. The van der Waals surface area contributed by atoms with Gasteiger partial charge in [-0.15, -0.1) is 0 Å². The van der Waals surface area contributed by atoms with Gasteiger partial charge in [0, 0.05) is 6.42 Å². The molecule has 0 aromatic rings. The van der Waals surface area contributed by atoms with Crippen LogP contribution in [0.25, 0.3) is 0 Å². The number of rotatable bonds is 40. The maximum Gasteiger partial charge on any atom is 0.220 e. The zero-order valence-electron chi connectivity index (χ0n) is 36.3. The van der Waals surface area contributed by atoms with Crippen LogP contribution in [-0.2, 0) is 14.3 Å². The molecule has 1 heterocycles. The number of amides is 1. The number of hydrogen-bond acceptors (Lipinski definition) is 9. The van der Waals surface area contributed by atoms with Gasteiger partial charge in [0.05, 0.1) is 25.4 Å². The van der Waals surface area contributed by atoms with E-state index in [-0.39, 0.29) is 18.9 Å². The lowest BCUT2D eigenvalue weighted by molar-refractivity contribution is -0.303. The highest BCUT2D eigenvalue weighted by Crippen LogP contribution is 2.23. The average molecular weight is 802 g/mol. The van der Waals surface area contributed by atoms with Crippen molar-refractivity contribution in [1.29, 1.82) is 0 Å². The van der Waals surface area contributed by atoms with E-state index < -0.39 is 55.6 Å². The topological polar surface area (TPSA) is 169 Å². The zero-order valence-corrected chi connectivity index (χ0v) is 36.3. The van der Waals surface area contributed by atoms with Crippen molar-refractivity contribution >= 4 is 5.91 Å². The van der Waals surface area contributed by atoms with Crippen LogP contribution in [0, 0.1) is 0 Å². The van der Waals surface area contributed by atoms with Gasteiger partial charge in [-0.25, -0.2) is 0 Å². The molecule has 2 unspecified atom stereocenters. The van der Waals surface area contributed by atoms with Crippen molar-refractivity contribution in [3.8, 4) is 0 Å². The van der Waals surface area contributed by atoms with Crippen LogP contribution in [0.3, 0.4) is 0 Å². The van der Waals surface area contributed by atoms with E-state index >= 15 is 0 Å². The van der Waals surface area contributed by atoms with Gasteiger partial charge >= 0.3 is 0 Å². The van der Waals surface area contributed by atoms with Crippen LogP contribution in [0.15, 0.2) is 0 Å². The molecule has 0 aromatic heterocycles. The molecule has 0 spiro atoms. The van der Waals surface area contributed by atoms with Crippen LogP contribution in [0.1, 0.15) is 226 Å². The van der Waals surface area contributed by atoms with Crippen molar-refractivity contribution in [1.82, 2.24) is 5.32 Å². The number of carbonyl (C=O) groups is 1. The Kier molecular flexibility index (Phi) is 35.3. The summed E-state index contributed by atoms with van der Waals surface area (Å²) in [5, 5.41) is 65.2. The predicted octanol–water partition coefficient (Wildman–Crippen LogP) is 8.92. The number of carbonyl (C=O) groups excluding carboxylic acids is 1. The molecular weight excluding hydrogens is 711 g/mol. The Bertz CT molecular complexity index is 864. The van der Waals surface area contributed by atoms with Gasteiger partial charge in [0.25, 0.3) is 0 Å². The van der Waals surface area contributed by atoms with Crippen molar-refractivity contribution in [2.24, 2.45) is 0 Å². The second-order valence-electron chi connectivity index (χ2n) is 17.1. The molecule has 56 heavy (non-hydrogen) atoms. The number of aliphatic hydroxyl groups excluding tert-OH is 6. The van der Waals surface area contributed by atoms with Gasteiger partial charge in [-0.3, -0.25) is 4.79 Å². The van der Waals surface area contributed by atoms with E-state index in [9.17, 15) is 35.4 Å². The van der Waals surface area contributed by atoms with Gasteiger partial charge in [-0.05, 0) is 12.8 Å². The molecule has 334 valence electrons. The number of hydrogen-bond donors (Lipinski definition) is 7. The molecule has 1 saturated heterocycles. The van der Waals surface area contributed by atoms with Crippen LogP contribution >= 0.6 is 0 Å². The third-order valence-corrected chi connectivity index (χ3v) is 11.8. The lowest BCUT2D eigenvalue weighted by atomic mass is 9.98. The minimum atomic E-state index is -1.60. The third-order valence-electron chi connectivity index (χ3n) is 11.8. The van der Waals surface area contributed by atoms with Crippen molar-refractivity contribution < 1.29 is 44.9 Å². The van der Waals surface area contributed by atoms with Gasteiger partial charge in [0.2, 0.25) is 5.91 Å². The molecule has 10 heteroatoms. The van der Waals surface area contributed by atoms with Gasteiger partial charge in [-0.1, -0.05) is 206 Å². The van der Waals surface area contributed by atoms with Crippen LogP contribution in [0.2, 0.25) is 0 Å². The SMILES string of the molecule is CCCCCCCCCCCCCCCCCCC(=O)N[C@@H](CO[C@@H]1O[C@H](CO)[C@H](O)C(O)C1O)[C@H](O)[C@H](O)CCCCCCCCCCCCCCCCC. The highest BCUT2D eigenvalue weighted by atomic mass is 16.7. The number of ether oxygens (including phenoxy) is 2. The van der Waals surface area contributed by atoms with E-state index in [1.165, 1.54) is 161 Å². The van der Waals surface area contributed by atoms with E-state index in [1.807, 2.05) is 0 Å². The highest BCUT2D eigenvalue weighted by molar-refractivity contribution is 5.76. The highest BCUT2D eigenvalue weighted by Gasteiger charge is 2.44. The average Bonchev–Trinajstić information content (AvgIpc) is 3.20. The van der Waals surface area contributed by atoms with Crippen LogP contribution in [0.5, 0.6) is 0 Å². The number of unbranched alkanes of at least 4 members (excludes halogenated alkanes) is 29. The Morgan fingerprint density at radius 2 is 0.929 bits per heavy atom. The minimum Gasteiger partial charge on any atom is -0.394 e. The summed E-state index contributed by atoms with van der Waals surface area (Å²) in [7, 11) is 0. The summed E-state index contributed by atoms with van der Waals surface area (Å²) in [5.41, 5.74) is 0. The monoisotopic (exact) mass is 802 g/mol. The van der Waals surface area contributed by atoms with Gasteiger partial charge in [-0.2, -0.15) is 0 Å². The van der Waals surface area contributed by atoms with E-state index in [0.717, 1.165) is 38.5 Å². The Morgan fingerprint density at radius 1 is 0.554 bits per heavy atom. The van der Waals surface area contributed by atoms with Gasteiger partial charge in [0.1, 0.15) is 30.5 Å². The van der Waals surface area contributed by atoms with E-state index in [2.05, 4.69) is 19.2 Å². The molecule has 0 saturated carbocycles. The lowest BCUT2D eigenvalue weighted by Gasteiger charge is -2.40. The Balaban J connectivity index is 2.37. The predicted molar refractivity (Wildman–Crippen MR) is 227 cm³/mol. The Morgan fingerprint density at radius 3 is 1.32 bits per heavy atom. The van der Waals surface area contributed by atoms with Gasteiger partial charge in [0.15, 0.2) is 6.29 Å². The van der Waals surface area contributed by atoms with Crippen molar-refractivity contribution in [2.75, 3.05) is 13.2 Å². The minimum absolute atomic E-state index is 0.254. The Hall–Kier alpha value is -0.850. The fourth-order valence-electron chi connectivity index (χ4n) is 7.91. The summed E-state index contributed by atoms with van der Waals surface area (Å²) in [6.45, 7) is 3.62. The zero-order chi connectivity index (χ0) is 41.1. The summed E-state index contributed by atoms with van der Waals surface area (Å²) < 4.78 is 11.2. The van der Waals surface area contributed by atoms with Crippen LogP contribution in [-0.4, -0.2) is 98.7 Å². The molecule has 0 bridgehead atoms. The molecular formula is C46H91NO9. The quantitative estimate of drug-likeness (QED) is 0.0299. The summed E-state index contributed by atoms with van der Waals surface area (Å²) in [6, 6.07) is -0.984. The van der Waals surface area contributed by atoms with Crippen molar-refractivity contribution in [3.63, 3.8) is 0 Å². The molecule has 1 fully saturated rings. The first-order valence-electron chi connectivity index (χ1n) is 23.8. The molecule has 10 nitrogen and oxygen atoms in total. The van der Waals surface area contributed by atoms with Crippen molar-refractivity contribution in [3.05, 3.63) is 0 Å². The summed E-state index contributed by atoms with van der Waals surface area (Å²) in [4.78, 5) is 13.0. The fourth-order valence-corrected chi connectivity index (χ4v) is 7.91. The molecule has 1 amide bonds. The summed E-state index contributed by atoms with van der Waals surface area (Å²) in [6.07, 6.45) is 29.6. The fraction of sp³-hybridized carbons (Fsp3) is 0.978. The number of nitrogens with one attached hydrogen (secondary N) is 1. The maximum absolute atomic E-state index is 13.0. The summed E-state index contributed by atoms with van der Waals surface area (Å²) in [5.74, 6) is -0.254. The first-order chi connectivity index (χ1) is 27.3. The molecule has 8 atom stereocenters. The first kappa shape index (κ1) is 53.2. The molecule has 1 aliphatic heterocycles. The standard InChI is InChI=1S/C46H91NO9/c1-3-5-7-9-11-13-15-17-19-21-23-25-27-29-31-33-35-41(50)47-38(37-55-46-45(54)44(53)43(52)40(36-48)56-46)42(51)39(49)34-32-30-28-26-24-22-20-18-16-14-12-10-8-6-4-2/h38-40,42-46,48-49,51-54H,3-37H2,1-2H3,(H,47,50)/t38-,39+,40+,42-,43-,44?,45?,46+/m0/s1. The molecule has 1 rings (SSSR count). The smallest absolute Gasteiger partial charge is 0.220 e. The Labute approximate surface area is 343 Å². The number of aliphatic hydroxyl groups is 6. The third kappa shape index (κ3) is 27.0. The molecule has 1 aliphatic rings. The van der Waals surface area contributed by atoms with E-state index in [4.69, 9.17) is 9.47 Å². The first-order valence-corrected chi connectivity index (χ1v) is 23.8. The molecule has 0 aliphatic carbocycles. The van der Waals surface area contributed by atoms with Crippen LogP contribution in [0.4, 0.5) is 0 Å². The van der Waals surface area contributed by atoms with Crippen molar-refractivity contribution in [2.45, 2.75) is 275 Å². The van der Waals surface area contributed by atoms with Gasteiger partial charge < -0.3 is 45.4 Å². The van der Waals surface area contributed by atoms with E-state index in [1.54, 1.807) is 0 Å². The molecule has 7 N–H and O–H groups in total. The normalized spacial score (nSPS) is 21.6. The second kappa shape index (κ2) is 37.2. The molecule has 0 aromatic carbocycles.